The molecule has 0 aliphatic carbocycles. The van der Waals surface area contributed by atoms with E-state index in [9.17, 15) is 4.79 Å². The number of ether oxygens (including phenoxy) is 1. The Kier molecular flexibility index (Phi) is 6.24. The van der Waals surface area contributed by atoms with Crippen LogP contribution in [0.15, 0.2) is 24.3 Å². The van der Waals surface area contributed by atoms with Gasteiger partial charge in [0.15, 0.2) is 0 Å². The van der Waals surface area contributed by atoms with Crippen LogP contribution < -0.4 is 10.6 Å². The Hall–Kier alpha value is -1.10. The van der Waals surface area contributed by atoms with E-state index in [0.29, 0.717) is 11.1 Å². The van der Waals surface area contributed by atoms with Gasteiger partial charge in [-0.15, -0.1) is 0 Å². The number of methoxy groups -OCH3 is 1. The lowest BCUT2D eigenvalue weighted by Crippen LogP contribution is -2.46. The largest absolute Gasteiger partial charge is 0.375 e. The number of nitrogens with one attached hydrogen (secondary N) is 2. The van der Waals surface area contributed by atoms with Crippen LogP contribution in [-0.2, 0) is 9.53 Å². The Morgan fingerprint density at radius 2 is 2.09 bits per heavy atom. The third-order valence-corrected chi connectivity index (χ3v) is 4.52. The number of carbonyl (C=O) groups excluding carboxylic acids is 1. The number of benzene rings is 1. The number of carbonyl (C=O) groups is 1. The molecule has 2 rings (SSSR count). The molecule has 1 fully saturated rings. The van der Waals surface area contributed by atoms with E-state index in [-0.39, 0.29) is 24.0 Å². The van der Waals surface area contributed by atoms with Gasteiger partial charge in [0.2, 0.25) is 5.91 Å². The van der Waals surface area contributed by atoms with Gasteiger partial charge in [-0.2, -0.15) is 0 Å². The van der Waals surface area contributed by atoms with Crippen molar-refractivity contribution < 1.29 is 9.53 Å². The predicted octanol–water partition coefficient (Wildman–Crippen LogP) is 2.92. The zero-order chi connectivity index (χ0) is 16.1. The van der Waals surface area contributed by atoms with E-state index in [1.165, 1.54) is 0 Å². The molecule has 1 aromatic rings. The minimum atomic E-state index is -0.180. The van der Waals surface area contributed by atoms with Gasteiger partial charge in [0, 0.05) is 24.1 Å². The fourth-order valence-corrected chi connectivity index (χ4v) is 3.20. The molecule has 22 heavy (non-hydrogen) atoms. The van der Waals surface area contributed by atoms with Crippen LogP contribution in [-0.4, -0.2) is 31.6 Å². The van der Waals surface area contributed by atoms with Gasteiger partial charge >= 0.3 is 0 Å². The molecule has 0 spiro atoms. The van der Waals surface area contributed by atoms with Crippen molar-refractivity contribution in [3.8, 4) is 0 Å². The average molecular weight is 325 g/mol. The maximum Gasteiger partial charge on any atom is 0.223 e. The van der Waals surface area contributed by atoms with Gasteiger partial charge in [0.25, 0.3) is 0 Å². The summed E-state index contributed by atoms with van der Waals surface area (Å²) in [5.41, 5.74) is 1.01. The van der Waals surface area contributed by atoms with Crippen molar-refractivity contribution in [3.63, 3.8) is 0 Å². The van der Waals surface area contributed by atoms with Gasteiger partial charge < -0.3 is 15.4 Å². The first-order valence-electron chi connectivity index (χ1n) is 7.83. The fourth-order valence-electron chi connectivity index (χ4n) is 3.07. The molecule has 2 unspecified atom stereocenters. The van der Waals surface area contributed by atoms with E-state index in [1.807, 2.05) is 31.2 Å². The summed E-state index contributed by atoms with van der Waals surface area (Å²) in [6.45, 7) is 5.00. The molecule has 1 saturated heterocycles. The Morgan fingerprint density at radius 3 is 2.68 bits per heavy atom. The maximum atomic E-state index is 12.4. The molecule has 2 N–H and O–H groups in total. The molecule has 4 nitrogen and oxygen atoms in total. The van der Waals surface area contributed by atoms with Crippen molar-refractivity contribution in [2.24, 2.45) is 5.92 Å². The summed E-state index contributed by atoms with van der Waals surface area (Å²) in [4.78, 5) is 12.4. The second-order valence-electron chi connectivity index (χ2n) is 6.08. The summed E-state index contributed by atoms with van der Waals surface area (Å²) < 4.78 is 5.58. The summed E-state index contributed by atoms with van der Waals surface area (Å²) in [6, 6.07) is 7.85. The molecule has 0 radical (unpaired) electrons. The van der Waals surface area contributed by atoms with Gasteiger partial charge in [-0.3, -0.25) is 4.79 Å². The van der Waals surface area contributed by atoms with Crippen LogP contribution in [0.25, 0.3) is 0 Å². The molecule has 1 aromatic carbocycles. The number of amides is 1. The van der Waals surface area contributed by atoms with E-state index < -0.39 is 0 Å². The lowest BCUT2D eigenvalue weighted by Gasteiger charge is -2.30. The van der Waals surface area contributed by atoms with E-state index in [1.54, 1.807) is 7.11 Å². The first-order valence-corrected chi connectivity index (χ1v) is 8.21. The molecule has 1 heterocycles. The number of halogens is 1. The number of rotatable bonds is 5. The lowest BCUT2D eigenvalue weighted by atomic mass is 9.92. The molecule has 122 valence electrons. The van der Waals surface area contributed by atoms with Crippen LogP contribution in [0.5, 0.6) is 0 Å². The summed E-state index contributed by atoms with van der Waals surface area (Å²) >= 11 is 5.92. The van der Waals surface area contributed by atoms with Crippen molar-refractivity contribution >= 4 is 17.5 Å². The van der Waals surface area contributed by atoms with E-state index >= 15 is 0 Å². The first kappa shape index (κ1) is 17.3. The smallest absolute Gasteiger partial charge is 0.223 e. The molecule has 1 aliphatic heterocycles. The molecule has 5 heteroatoms. The summed E-state index contributed by atoms with van der Waals surface area (Å²) in [7, 11) is 1.66. The first-order chi connectivity index (χ1) is 10.5. The van der Waals surface area contributed by atoms with Crippen LogP contribution in [0, 0.1) is 5.92 Å². The van der Waals surface area contributed by atoms with Gasteiger partial charge in [0.1, 0.15) is 6.10 Å². The second-order valence-corrected chi connectivity index (χ2v) is 6.52. The van der Waals surface area contributed by atoms with Crippen LogP contribution in [0.4, 0.5) is 0 Å². The fraction of sp³-hybridized carbons (Fsp3) is 0.588. The number of hydrogen-bond donors (Lipinski definition) is 2. The Morgan fingerprint density at radius 1 is 1.41 bits per heavy atom. The van der Waals surface area contributed by atoms with Crippen LogP contribution in [0.1, 0.15) is 38.4 Å². The minimum absolute atomic E-state index is 0.0847. The van der Waals surface area contributed by atoms with Crippen molar-refractivity contribution in [2.45, 2.75) is 44.9 Å². The van der Waals surface area contributed by atoms with Gasteiger partial charge in [-0.05, 0) is 50.9 Å². The van der Waals surface area contributed by atoms with Gasteiger partial charge in [-0.1, -0.05) is 23.7 Å². The highest BCUT2D eigenvalue weighted by Gasteiger charge is 2.28. The third-order valence-electron chi connectivity index (χ3n) is 4.27. The molecule has 0 aromatic heterocycles. The summed E-state index contributed by atoms with van der Waals surface area (Å²) in [6.07, 6.45) is 1.60. The lowest BCUT2D eigenvalue weighted by molar-refractivity contribution is -0.127. The Bertz CT molecular complexity index is 492. The topological polar surface area (TPSA) is 50.4 Å². The number of piperidine rings is 1. The molecule has 1 amide bonds. The van der Waals surface area contributed by atoms with Crippen molar-refractivity contribution in [1.29, 1.82) is 0 Å². The van der Waals surface area contributed by atoms with E-state index in [2.05, 4.69) is 17.6 Å². The zero-order valence-corrected chi connectivity index (χ0v) is 14.2. The van der Waals surface area contributed by atoms with E-state index in [4.69, 9.17) is 16.3 Å². The van der Waals surface area contributed by atoms with Crippen LogP contribution in [0.3, 0.4) is 0 Å². The summed E-state index contributed by atoms with van der Waals surface area (Å²) in [5, 5.41) is 7.17. The molecule has 0 saturated carbocycles. The van der Waals surface area contributed by atoms with Crippen LogP contribution in [0.2, 0.25) is 5.02 Å². The molecule has 1 aliphatic rings. The van der Waals surface area contributed by atoms with Gasteiger partial charge in [-0.25, -0.2) is 0 Å². The Balaban J connectivity index is 1.98. The summed E-state index contributed by atoms with van der Waals surface area (Å²) in [5.74, 6) is 0.207. The average Bonchev–Trinajstić information content (AvgIpc) is 2.50. The monoisotopic (exact) mass is 324 g/mol. The Labute approximate surface area is 137 Å². The molecule has 0 bridgehead atoms. The second kappa shape index (κ2) is 7.95. The third kappa shape index (κ3) is 4.45. The highest BCUT2D eigenvalue weighted by Crippen LogP contribution is 2.23. The SMILES string of the molecule is COC(c1ccc(Cl)cc1)C(C)NC(=O)[C@H]1CCN[C@@H](C)C1. The van der Waals surface area contributed by atoms with E-state index in [0.717, 1.165) is 24.9 Å². The molecular formula is C17H25ClN2O2. The molecular weight excluding hydrogens is 300 g/mol. The highest BCUT2D eigenvalue weighted by molar-refractivity contribution is 6.30. The quantitative estimate of drug-likeness (QED) is 0.875. The zero-order valence-electron chi connectivity index (χ0n) is 13.4. The number of hydrogen-bond acceptors (Lipinski definition) is 3. The normalized spacial score (nSPS) is 24.5. The highest BCUT2D eigenvalue weighted by atomic mass is 35.5. The predicted molar refractivity (Wildman–Crippen MR) is 89.0 cm³/mol. The van der Waals surface area contributed by atoms with Gasteiger partial charge in [0.05, 0.1) is 6.04 Å². The maximum absolute atomic E-state index is 12.4. The minimum Gasteiger partial charge on any atom is -0.375 e. The van der Waals surface area contributed by atoms with Crippen molar-refractivity contribution in [3.05, 3.63) is 34.9 Å². The van der Waals surface area contributed by atoms with Crippen molar-refractivity contribution in [2.75, 3.05) is 13.7 Å². The van der Waals surface area contributed by atoms with Crippen LogP contribution >= 0.6 is 11.6 Å². The standard InChI is InChI=1S/C17H25ClN2O2/c1-11-10-14(8-9-19-11)17(21)20-12(2)16(22-3)13-4-6-15(18)7-5-13/h4-7,11-12,14,16,19H,8-10H2,1-3H3,(H,20,21)/t11-,12?,14-,16?/m0/s1. The molecule has 4 atom stereocenters. The van der Waals surface area contributed by atoms with Crippen molar-refractivity contribution in [1.82, 2.24) is 10.6 Å².